The highest BCUT2D eigenvalue weighted by molar-refractivity contribution is 5.98. The molecule has 0 saturated carbocycles. The quantitative estimate of drug-likeness (QED) is 0.604. The average molecular weight is 214 g/mol. The third kappa shape index (κ3) is 1.68. The van der Waals surface area contributed by atoms with Gasteiger partial charge in [0.15, 0.2) is 5.78 Å². The van der Waals surface area contributed by atoms with E-state index >= 15 is 0 Å². The number of aryl methyl sites for hydroxylation is 3. The molecule has 0 amide bonds. The summed E-state index contributed by atoms with van der Waals surface area (Å²) in [7, 11) is 0. The normalized spacial score (nSPS) is 19.9. The smallest absolute Gasteiger partial charge is 0.163 e. The molecule has 0 aromatic heterocycles. The second-order valence-electron chi connectivity index (χ2n) is 5.12. The van der Waals surface area contributed by atoms with Gasteiger partial charge >= 0.3 is 0 Å². The summed E-state index contributed by atoms with van der Waals surface area (Å²) in [5.41, 5.74) is 5.32. The molecule has 0 unspecified atom stereocenters. The number of hydrogen-bond acceptors (Lipinski definition) is 1. The van der Waals surface area contributed by atoms with Gasteiger partial charge in [0.1, 0.15) is 0 Å². The van der Waals surface area contributed by atoms with Crippen LogP contribution in [0.15, 0.2) is 12.1 Å². The van der Waals surface area contributed by atoms with Gasteiger partial charge in [-0.25, -0.2) is 0 Å². The van der Waals surface area contributed by atoms with Gasteiger partial charge < -0.3 is 0 Å². The van der Waals surface area contributed by atoms with Gasteiger partial charge in [-0.3, -0.25) is 4.79 Å². The molecule has 2 aliphatic carbocycles. The summed E-state index contributed by atoms with van der Waals surface area (Å²) < 4.78 is 0. The van der Waals surface area contributed by atoms with Crippen LogP contribution < -0.4 is 0 Å². The highest BCUT2D eigenvalue weighted by Gasteiger charge is 2.20. The summed E-state index contributed by atoms with van der Waals surface area (Å²) in [6.07, 6.45) is 9.25. The fraction of sp³-hybridized carbons (Fsp3) is 0.533. The van der Waals surface area contributed by atoms with Crippen LogP contribution in [0.5, 0.6) is 0 Å². The van der Waals surface area contributed by atoms with Crippen molar-refractivity contribution in [3.05, 3.63) is 34.4 Å². The summed E-state index contributed by atoms with van der Waals surface area (Å²) in [4.78, 5) is 11.9. The fourth-order valence-corrected chi connectivity index (χ4v) is 3.05. The Morgan fingerprint density at radius 3 is 2.19 bits per heavy atom. The largest absolute Gasteiger partial charge is 0.294 e. The molecule has 1 nitrogen and oxygen atoms in total. The molecule has 0 bridgehead atoms. The zero-order valence-electron chi connectivity index (χ0n) is 9.72. The molecule has 0 aliphatic heterocycles. The number of carbonyl (C=O) groups is 1. The maximum Gasteiger partial charge on any atom is 0.163 e. The van der Waals surface area contributed by atoms with Gasteiger partial charge in [-0.2, -0.15) is 0 Å². The van der Waals surface area contributed by atoms with Crippen LogP contribution in [0.1, 0.15) is 59.2 Å². The maximum absolute atomic E-state index is 11.9. The van der Waals surface area contributed by atoms with E-state index in [-0.39, 0.29) is 0 Å². The number of fused-ring (bicyclic) bond motifs is 2. The fourth-order valence-electron chi connectivity index (χ4n) is 3.05. The van der Waals surface area contributed by atoms with Crippen molar-refractivity contribution in [2.75, 3.05) is 0 Å². The Morgan fingerprint density at radius 2 is 1.38 bits per heavy atom. The van der Waals surface area contributed by atoms with E-state index in [2.05, 4.69) is 12.1 Å². The highest BCUT2D eigenvalue weighted by Crippen LogP contribution is 2.28. The number of benzene rings is 1. The van der Waals surface area contributed by atoms with Gasteiger partial charge in [0.05, 0.1) is 0 Å². The predicted molar refractivity (Wildman–Crippen MR) is 65.0 cm³/mol. The Hall–Kier alpha value is -1.11. The monoisotopic (exact) mass is 214 g/mol. The molecule has 0 heterocycles. The Bertz CT molecular complexity index is 431. The Morgan fingerprint density at radius 1 is 0.688 bits per heavy atom. The summed E-state index contributed by atoms with van der Waals surface area (Å²) in [5, 5.41) is 0. The van der Waals surface area contributed by atoms with Gasteiger partial charge in [0.2, 0.25) is 0 Å². The van der Waals surface area contributed by atoms with Crippen LogP contribution in [-0.2, 0) is 19.3 Å². The van der Waals surface area contributed by atoms with Crippen molar-refractivity contribution >= 4 is 5.78 Å². The van der Waals surface area contributed by atoms with Crippen molar-refractivity contribution in [2.24, 2.45) is 0 Å². The molecule has 16 heavy (non-hydrogen) atoms. The Balaban J connectivity index is 2.08. The standard InChI is InChI=1S/C15H18O/c16-15-8-4-7-13-9-11-5-2-1-3-6-12(11)10-14(13)15/h9-10H,1-8H2. The number of hydrogen-bond donors (Lipinski definition) is 0. The minimum absolute atomic E-state index is 0.369. The van der Waals surface area contributed by atoms with Crippen LogP contribution in [0.3, 0.4) is 0 Å². The predicted octanol–water partition coefficient (Wildman–Crippen LogP) is 3.47. The van der Waals surface area contributed by atoms with E-state index in [0.29, 0.717) is 5.78 Å². The lowest BCUT2D eigenvalue weighted by molar-refractivity contribution is 0.0972. The molecule has 0 spiro atoms. The summed E-state index contributed by atoms with van der Waals surface area (Å²) in [6.45, 7) is 0. The van der Waals surface area contributed by atoms with Crippen molar-refractivity contribution in [1.29, 1.82) is 0 Å². The first kappa shape index (κ1) is 10.1. The van der Waals surface area contributed by atoms with Crippen LogP contribution in [0, 0.1) is 0 Å². The first-order chi connectivity index (χ1) is 7.84. The van der Waals surface area contributed by atoms with Crippen molar-refractivity contribution < 1.29 is 4.79 Å². The van der Waals surface area contributed by atoms with Crippen LogP contribution in [0.25, 0.3) is 0 Å². The highest BCUT2D eigenvalue weighted by atomic mass is 16.1. The lowest BCUT2D eigenvalue weighted by Gasteiger charge is -2.18. The van der Waals surface area contributed by atoms with Crippen LogP contribution in [0.4, 0.5) is 0 Å². The molecule has 1 heteroatoms. The van der Waals surface area contributed by atoms with Crippen molar-refractivity contribution in [3.63, 3.8) is 0 Å². The van der Waals surface area contributed by atoms with E-state index in [9.17, 15) is 4.79 Å². The molecule has 0 radical (unpaired) electrons. The van der Waals surface area contributed by atoms with Crippen LogP contribution in [0.2, 0.25) is 0 Å². The number of Topliss-reactive ketones (excluding diaryl/α,β-unsaturated/α-hetero) is 1. The molecule has 0 fully saturated rings. The molecule has 0 saturated heterocycles. The van der Waals surface area contributed by atoms with E-state index in [1.54, 1.807) is 0 Å². The topological polar surface area (TPSA) is 17.1 Å². The Kier molecular flexibility index (Phi) is 2.55. The molecule has 3 rings (SSSR count). The first-order valence-electron chi connectivity index (χ1n) is 6.52. The van der Waals surface area contributed by atoms with E-state index in [4.69, 9.17) is 0 Å². The van der Waals surface area contributed by atoms with Gasteiger partial charge in [-0.1, -0.05) is 12.5 Å². The zero-order chi connectivity index (χ0) is 11.0. The maximum atomic E-state index is 11.9. The molecular formula is C15H18O. The van der Waals surface area contributed by atoms with Crippen molar-refractivity contribution in [1.82, 2.24) is 0 Å². The molecule has 1 aromatic rings. The minimum atomic E-state index is 0.369. The minimum Gasteiger partial charge on any atom is -0.294 e. The van der Waals surface area contributed by atoms with Crippen LogP contribution in [-0.4, -0.2) is 5.78 Å². The number of ketones is 1. The van der Waals surface area contributed by atoms with E-state index < -0.39 is 0 Å². The summed E-state index contributed by atoms with van der Waals surface area (Å²) in [6, 6.07) is 4.53. The average Bonchev–Trinajstić information content (AvgIpc) is 2.52. The van der Waals surface area contributed by atoms with Crippen molar-refractivity contribution in [3.8, 4) is 0 Å². The molecule has 84 valence electrons. The second-order valence-corrected chi connectivity index (χ2v) is 5.12. The third-order valence-electron chi connectivity index (χ3n) is 3.97. The Labute approximate surface area is 96.9 Å². The van der Waals surface area contributed by atoms with Gasteiger partial charge in [0.25, 0.3) is 0 Å². The van der Waals surface area contributed by atoms with Crippen LogP contribution >= 0.6 is 0 Å². The van der Waals surface area contributed by atoms with Gasteiger partial charge in [-0.05, 0) is 61.3 Å². The molecule has 2 aliphatic rings. The summed E-state index contributed by atoms with van der Waals surface area (Å²) >= 11 is 0. The first-order valence-corrected chi connectivity index (χ1v) is 6.52. The van der Waals surface area contributed by atoms with E-state index in [0.717, 1.165) is 24.8 Å². The SMILES string of the molecule is O=C1CCCc2cc3c(cc21)CCCCC3. The van der Waals surface area contributed by atoms with Gasteiger partial charge in [0, 0.05) is 12.0 Å². The molecule has 0 N–H and O–H groups in total. The van der Waals surface area contributed by atoms with Gasteiger partial charge in [-0.15, -0.1) is 0 Å². The number of rotatable bonds is 0. The molecule has 1 aromatic carbocycles. The third-order valence-corrected chi connectivity index (χ3v) is 3.97. The number of carbonyl (C=O) groups excluding carboxylic acids is 1. The van der Waals surface area contributed by atoms with E-state index in [1.165, 1.54) is 48.8 Å². The lowest BCUT2D eigenvalue weighted by atomic mass is 9.86. The molecule has 0 atom stereocenters. The van der Waals surface area contributed by atoms with Crippen molar-refractivity contribution in [2.45, 2.75) is 51.4 Å². The lowest BCUT2D eigenvalue weighted by Crippen LogP contribution is -2.12. The molecular weight excluding hydrogens is 196 g/mol. The second kappa shape index (κ2) is 4.04. The zero-order valence-corrected chi connectivity index (χ0v) is 9.72. The van der Waals surface area contributed by atoms with E-state index in [1.807, 2.05) is 0 Å². The summed E-state index contributed by atoms with van der Waals surface area (Å²) in [5.74, 6) is 0.369.